The van der Waals surface area contributed by atoms with Crippen LogP contribution in [0.1, 0.15) is 29.8 Å². The topological polar surface area (TPSA) is 95.1 Å². The average molecular weight is 373 g/mol. The monoisotopic (exact) mass is 373 g/mol. The number of halogens is 2. The first-order valence-corrected chi connectivity index (χ1v) is 8.21. The second-order valence-corrected chi connectivity index (χ2v) is 6.28. The van der Waals surface area contributed by atoms with Gasteiger partial charge < -0.3 is 15.4 Å². The van der Waals surface area contributed by atoms with Gasteiger partial charge in [-0.25, -0.2) is 8.78 Å². The molecule has 6 nitrogen and oxygen atoms in total. The number of aryl methyl sites for hydroxylation is 1. The second-order valence-electron chi connectivity index (χ2n) is 6.28. The molecular formula is C19H17F2N3O3. The van der Waals surface area contributed by atoms with Crippen LogP contribution in [-0.2, 0) is 11.2 Å². The summed E-state index contributed by atoms with van der Waals surface area (Å²) in [6.07, 6.45) is 0.623. The van der Waals surface area contributed by atoms with Gasteiger partial charge in [-0.05, 0) is 32.0 Å². The summed E-state index contributed by atoms with van der Waals surface area (Å²) < 4.78 is 26.7. The SMILES string of the molecule is Cc1c(O)ccc2[nH]c(=O)c(CC(=O)N[C@@H](C)c3ncc(F)cc3F)cc12. The van der Waals surface area contributed by atoms with E-state index in [1.54, 1.807) is 19.1 Å². The molecule has 8 heteroatoms. The van der Waals surface area contributed by atoms with E-state index in [2.05, 4.69) is 15.3 Å². The number of hydrogen-bond acceptors (Lipinski definition) is 4. The standard InChI is InChI=1S/C19H17F2N3O3/c1-9-13-5-11(19(27)24-15(13)3-4-16(9)25)6-17(26)23-10(2)18-14(21)7-12(20)8-22-18/h3-5,7-8,10,25H,6H2,1-2H3,(H,23,26)(H,24,27)/t10-/m0/s1. The van der Waals surface area contributed by atoms with Crippen LogP contribution in [0.15, 0.2) is 35.3 Å². The fraction of sp³-hybridized carbons (Fsp3) is 0.211. The van der Waals surface area contributed by atoms with Crippen LogP contribution < -0.4 is 10.9 Å². The Hall–Kier alpha value is -3.29. The number of nitrogens with one attached hydrogen (secondary N) is 2. The molecule has 1 atom stereocenters. The number of rotatable bonds is 4. The lowest BCUT2D eigenvalue weighted by Gasteiger charge is -2.14. The zero-order valence-electron chi connectivity index (χ0n) is 14.6. The molecule has 0 radical (unpaired) electrons. The molecule has 2 aromatic heterocycles. The highest BCUT2D eigenvalue weighted by Crippen LogP contribution is 2.24. The number of aromatic hydroxyl groups is 1. The lowest BCUT2D eigenvalue weighted by molar-refractivity contribution is -0.121. The van der Waals surface area contributed by atoms with Gasteiger partial charge >= 0.3 is 0 Å². The highest BCUT2D eigenvalue weighted by atomic mass is 19.1. The Balaban J connectivity index is 1.82. The number of carbonyl (C=O) groups is 1. The molecule has 0 saturated carbocycles. The molecule has 0 saturated heterocycles. The maximum absolute atomic E-state index is 13.8. The quantitative estimate of drug-likeness (QED) is 0.655. The maximum Gasteiger partial charge on any atom is 0.252 e. The van der Waals surface area contributed by atoms with Crippen LogP contribution in [0.5, 0.6) is 5.75 Å². The highest BCUT2D eigenvalue weighted by molar-refractivity contribution is 5.86. The molecule has 3 aromatic rings. The number of phenols is 1. The number of phenolic OH excluding ortho intramolecular Hbond substituents is 1. The summed E-state index contributed by atoms with van der Waals surface area (Å²) in [4.78, 5) is 30.8. The van der Waals surface area contributed by atoms with Gasteiger partial charge in [0.1, 0.15) is 17.4 Å². The van der Waals surface area contributed by atoms with Gasteiger partial charge in [-0.2, -0.15) is 0 Å². The van der Waals surface area contributed by atoms with Crippen molar-refractivity contribution in [1.82, 2.24) is 15.3 Å². The molecule has 1 amide bonds. The van der Waals surface area contributed by atoms with Gasteiger partial charge in [-0.1, -0.05) is 0 Å². The summed E-state index contributed by atoms with van der Waals surface area (Å²) in [5.74, 6) is -2.11. The molecule has 1 aromatic carbocycles. The van der Waals surface area contributed by atoms with E-state index in [1.165, 1.54) is 13.0 Å². The van der Waals surface area contributed by atoms with Crippen LogP contribution in [-0.4, -0.2) is 21.0 Å². The molecule has 2 heterocycles. The minimum absolute atomic E-state index is 0.0800. The number of aromatic amines is 1. The predicted octanol–water partition coefficient (Wildman–Crippen LogP) is 2.64. The third-order valence-electron chi connectivity index (χ3n) is 4.32. The predicted molar refractivity (Wildman–Crippen MR) is 95.4 cm³/mol. The summed E-state index contributed by atoms with van der Waals surface area (Å²) in [7, 11) is 0. The molecule has 0 aliphatic heterocycles. The van der Waals surface area contributed by atoms with E-state index in [1.807, 2.05) is 0 Å². The van der Waals surface area contributed by atoms with E-state index < -0.39 is 29.1 Å². The minimum atomic E-state index is -0.863. The first-order chi connectivity index (χ1) is 12.8. The van der Waals surface area contributed by atoms with E-state index in [0.717, 1.165) is 6.20 Å². The molecule has 0 spiro atoms. The fourth-order valence-electron chi connectivity index (χ4n) is 2.86. The average Bonchev–Trinajstić information content (AvgIpc) is 2.59. The van der Waals surface area contributed by atoms with Crippen LogP contribution in [0.4, 0.5) is 8.78 Å². The van der Waals surface area contributed by atoms with Gasteiger partial charge in [-0.15, -0.1) is 0 Å². The van der Waals surface area contributed by atoms with E-state index >= 15 is 0 Å². The number of amides is 1. The van der Waals surface area contributed by atoms with Crippen LogP contribution in [0, 0.1) is 18.6 Å². The van der Waals surface area contributed by atoms with Crippen LogP contribution in [0.25, 0.3) is 10.9 Å². The van der Waals surface area contributed by atoms with Crippen molar-refractivity contribution in [2.45, 2.75) is 26.3 Å². The number of aromatic nitrogens is 2. The molecule has 27 heavy (non-hydrogen) atoms. The van der Waals surface area contributed by atoms with E-state index in [0.29, 0.717) is 22.5 Å². The Labute approximate surface area is 152 Å². The van der Waals surface area contributed by atoms with Crippen LogP contribution >= 0.6 is 0 Å². The molecule has 0 bridgehead atoms. The van der Waals surface area contributed by atoms with Gasteiger partial charge in [0.2, 0.25) is 5.91 Å². The first kappa shape index (κ1) is 18.5. The van der Waals surface area contributed by atoms with Gasteiger partial charge in [0.05, 0.1) is 24.4 Å². The third-order valence-corrected chi connectivity index (χ3v) is 4.32. The number of pyridine rings is 2. The summed E-state index contributed by atoms with van der Waals surface area (Å²) in [6, 6.07) is 4.49. The van der Waals surface area contributed by atoms with E-state index in [9.17, 15) is 23.5 Å². The van der Waals surface area contributed by atoms with Crippen molar-refractivity contribution in [1.29, 1.82) is 0 Å². The molecular weight excluding hydrogens is 356 g/mol. The number of hydrogen-bond donors (Lipinski definition) is 3. The number of carbonyl (C=O) groups excluding carboxylic acids is 1. The van der Waals surface area contributed by atoms with Crippen molar-refractivity contribution in [3.8, 4) is 5.75 Å². The lowest BCUT2D eigenvalue weighted by Crippen LogP contribution is -2.31. The molecule has 140 valence electrons. The molecule has 0 unspecified atom stereocenters. The normalized spacial score (nSPS) is 12.1. The van der Waals surface area contributed by atoms with Crippen molar-refractivity contribution in [2.24, 2.45) is 0 Å². The lowest BCUT2D eigenvalue weighted by atomic mass is 10.0. The van der Waals surface area contributed by atoms with Gasteiger partial charge in [0, 0.05) is 28.1 Å². The number of nitrogens with zero attached hydrogens (tertiary/aromatic N) is 1. The molecule has 3 N–H and O–H groups in total. The highest BCUT2D eigenvalue weighted by Gasteiger charge is 2.17. The number of H-pyrrole nitrogens is 1. The molecule has 3 rings (SSSR count). The second kappa shape index (κ2) is 7.14. The largest absolute Gasteiger partial charge is 0.508 e. The van der Waals surface area contributed by atoms with Gasteiger partial charge in [0.15, 0.2) is 0 Å². The number of benzene rings is 1. The summed E-state index contributed by atoms with van der Waals surface area (Å²) in [5.41, 5.74) is 0.801. The first-order valence-electron chi connectivity index (χ1n) is 8.21. The van der Waals surface area contributed by atoms with Crippen molar-refractivity contribution < 1.29 is 18.7 Å². The molecule has 0 aliphatic carbocycles. The van der Waals surface area contributed by atoms with Gasteiger partial charge in [0.25, 0.3) is 5.56 Å². The Morgan fingerprint density at radius 2 is 2.07 bits per heavy atom. The van der Waals surface area contributed by atoms with Crippen molar-refractivity contribution in [3.05, 3.63) is 69.3 Å². The Bertz CT molecular complexity index is 1100. The molecule has 0 fully saturated rings. The zero-order valence-corrected chi connectivity index (χ0v) is 14.6. The fourth-order valence-corrected chi connectivity index (χ4v) is 2.86. The zero-order chi connectivity index (χ0) is 19.7. The summed E-state index contributed by atoms with van der Waals surface area (Å²) in [5, 5.41) is 13.0. The Morgan fingerprint density at radius 3 is 2.78 bits per heavy atom. The van der Waals surface area contributed by atoms with Crippen LogP contribution in [0.2, 0.25) is 0 Å². The molecule has 0 aliphatic rings. The number of fused-ring (bicyclic) bond motifs is 1. The summed E-state index contributed by atoms with van der Waals surface area (Å²) >= 11 is 0. The third kappa shape index (κ3) is 3.79. The van der Waals surface area contributed by atoms with E-state index in [4.69, 9.17) is 0 Å². The van der Waals surface area contributed by atoms with E-state index in [-0.39, 0.29) is 23.4 Å². The Morgan fingerprint density at radius 1 is 1.33 bits per heavy atom. The minimum Gasteiger partial charge on any atom is -0.508 e. The van der Waals surface area contributed by atoms with Crippen LogP contribution in [0.3, 0.4) is 0 Å². The van der Waals surface area contributed by atoms with Crippen molar-refractivity contribution >= 4 is 16.8 Å². The van der Waals surface area contributed by atoms with Crippen molar-refractivity contribution in [2.75, 3.05) is 0 Å². The smallest absolute Gasteiger partial charge is 0.252 e. The Kier molecular flexibility index (Phi) is 4.89. The summed E-state index contributed by atoms with van der Waals surface area (Å²) in [6.45, 7) is 3.21. The maximum atomic E-state index is 13.8. The van der Waals surface area contributed by atoms with Gasteiger partial charge in [-0.3, -0.25) is 14.6 Å². The van der Waals surface area contributed by atoms with Crippen molar-refractivity contribution in [3.63, 3.8) is 0 Å².